The molecule has 0 spiro atoms. The predicted molar refractivity (Wildman–Crippen MR) is 160 cm³/mol. The van der Waals surface area contributed by atoms with Gasteiger partial charge in [0.2, 0.25) is 5.28 Å². The largest absolute Gasteiger partial charge is 0.463 e. The Balaban J connectivity index is 1.39. The van der Waals surface area contributed by atoms with Crippen molar-refractivity contribution in [2.45, 2.75) is 62.6 Å². The number of nitrogens with one attached hydrogen (secondary N) is 1. The predicted octanol–water partition coefficient (Wildman–Crippen LogP) is 4.66. The van der Waals surface area contributed by atoms with Gasteiger partial charge in [-0.3, -0.25) is 19.0 Å². The number of hydrogen-bond donors (Lipinski definition) is 1. The second-order valence-electron chi connectivity index (χ2n) is 9.63. The number of benzene rings is 1. The number of rotatable bonds is 10. The first-order valence-corrected chi connectivity index (χ1v) is 15.5. The fourth-order valence-corrected chi connectivity index (χ4v) is 6.86. The molecule has 13 nitrogen and oxygen atoms in total. The van der Waals surface area contributed by atoms with Gasteiger partial charge in [-0.15, -0.1) is 11.3 Å². The van der Waals surface area contributed by atoms with Crippen LogP contribution in [0.5, 0.6) is 0 Å². The van der Waals surface area contributed by atoms with Crippen LogP contribution in [0.4, 0.5) is 5.82 Å². The summed E-state index contributed by atoms with van der Waals surface area (Å²) < 4.78 is 25.7. The maximum atomic E-state index is 12.0. The zero-order chi connectivity index (χ0) is 30.8. The van der Waals surface area contributed by atoms with Crippen LogP contribution in [0.1, 0.15) is 33.9 Å². The van der Waals surface area contributed by atoms with Gasteiger partial charge in [0.25, 0.3) is 0 Å². The Bertz CT molecular complexity index is 1680. The number of imidazole rings is 1. The van der Waals surface area contributed by atoms with Crippen molar-refractivity contribution in [3.8, 4) is 0 Å². The van der Waals surface area contributed by atoms with E-state index in [9.17, 15) is 14.4 Å². The van der Waals surface area contributed by atoms with Gasteiger partial charge < -0.3 is 24.3 Å². The molecule has 1 aromatic carbocycles. The number of nitrogens with zero attached hydrogens (tertiary/aromatic N) is 5. The molecule has 1 aliphatic rings. The molecular weight excluding hydrogens is 643 g/mol. The molecule has 0 amide bonds. The van der Waals surface area contributed by atoms with E-state index in [1.165, 1.54) is 31.7 Å². The smallest absolute Gasteiger partial charge is 0.303 e. The van der Waals surface area contributed by atoms with Crippen molar-refractivity contribution in [1.29, 1.82) is 0 Å². The van der Waals surface area contributed by atoms with Crippen molar-refractivity contribution in [1.82, 2.24) is 24.5 Å². The number of halogens is 2. The van der Waals surface area contributed by atoms with Crippen molar-refractivity contribution in [3.05, 3.63) is 34.8 Å². The Kier molecular flexibility index (Phi) is 9.56. The molecular formula is C26H26Cl2N6O7S2. The van der Waals surface area contributed by atoms with E-state index in [1.807, 2.05) is 25.1 Å². The van der Waals surface area contributed by atoms with Gasteiger partial charge in [-0.1, -0.05) is 23.4 Å². The molecule has 0 bridgehead atoms. The van der Waals surface area contributed by atoms with Crippen LogP contribution in [-0.4, -0.2) is 79.1 Å². The Morgan fingerprint density at radius 2 is 1.84 bits per heavy atom. The number of thioether (sulfide) groups is 1. The second kappa shape index (κ2) is 13.2. The lowest BCUT2D eigenvalue weighted by Crippen LogP contribution is -2.40. The molecule has 5 atom stereocenters. The number of carbonyl (C=O) groups is 3. The van der Waals surface area contributed by atoms with Crippen molar-refractivity contribution in [3.63, 3.8) is 0 Å². The summed E-state index contributed by atoms with van der Waals surface area (Å²) in [4.78, 5) is 53.3. The highest BCUT2D eigenvalue weighted by Gasteiger charge is 2.51. The van der Waals surface area contributed by atoms with E-state index in [1.54, 1.807) is 23.1 Å². The minimum Gasteiger partial charge on any atom is -0.463 e. The quantitative estimate of drug-likeness (QED) is 0.108. The van der Waals surface area contributed by atoms with E-state index >= 15 is 0 Å². The van der Waals surface area contributed by atoms with Crippen LogP contribution < -0.4 is 5.32 Å². The van der Waals surface area contributed by atoms with E-state index < -0.39 is 42.4 Å². The van der Waals surface area contributed by atoms with Crippen LogP contribution in [0.2, 0.25) is 10.3 Å². The molecule has 0 radical (unpaired) electrons. The second-order valence-corrected chi connectivity index (χ2v) is 12.7. The summed E-state index contributed by atoms with van der Waals surface area (Å²) in [7, 11) is 0. The summed E-state index contributed by atoms with van der Waals surface area (Å²) in [5.74, 6) is -0.785. The van der Waals surface area contributed by atoms with Gasteiger partial charge in [0.1, 0.15) is 12.7 Å². The van der Waals surface area contributed by atoms with Gasteiger partial charge in [0, 0.05) is 37.6 Å². The van der Waals surface area contributed by atoms with Crippen LogP contribution in [-0.2, 0) is 33.3 Å². The maximum absolute atomic E-state index is 12.0. The van der Waals surface area contributed by atoms with Crippen molar-refractivity contribution >= 4 is 91.4 Å². The number of hydrogen-bond acceptors (Lipinski definition) is 14. The van der Waals surface area contributed by atoms with Crippen molar-refractivity contribution in [2.24, 2.45) is 0 Å². The normalized spacial score (nSPS) is 20.7. The summed E-state index contributed by atoms with van der Waals surface area (Å²) in [6.45, 7) is 5.41. The van der Waals surface area contributed by atoms with Crippen LogP contribution in [0.15, 0.2) is 28.9 Å². The highest BCUT2D eigenvalue weighted by Crippen LogP contribution is 2.37. The average Bonchev–Trinajstić information content (AvgIpc) is 3.61. The van der Waals surface area contributed by atoms with Crippen LogP contribution >= 0.6 is 46.3 Å². The Morgan fingerprint density at radius 1 is 1.09 bits per heavy atom. The fourth-order valence-electron chi connectivity index (χ4n) is 4.51. The summed E-state index contributed by atoms with van der Waals surface area (Å²) in [6, 6.07) is 5.54. The molecule has 43 heavy (non-hydrogen) atoms. The molecule has 1 fully saturated rings. The Labute approximate surface area is 263 Å². The minimum absolute atomic E-state index is 0.0605. The first kappa shape index (κ1) is 31.2. The van der Waals surface area contributed by atoms with E-state index in [0.29, 0.717) is 22.1 Å². The number of esters is 3. The standard InChI is InChI=1S/C26H26Cl2N6O7S2/c1-11(9-42-26-31-16-7-15(27)5-6-18(16)43-26)30-22-19-23(33-25(28)32-22)34(10-29-19)24-21(40-14(4)37)20(39-13(3)36)17(41-24)8-38-12(2)35/h5-7,10-11,17,20-21,24H,8-9H2,1-4H3,(H,30,32,33)/t11-,17-,20-,21-,24-/m1/s1. The molecule has 5 rings (SSSR count). The summed E-state index contributed by atoms with van der Waals surface area (Å²) in [6.07, 6.45) is -2.73. The highest BCUT2D eigenvalue weighted by atomic mass is 35.5. The van der Waals surface area contributed by atoms with Crippen LogP contribution in [0.25, 0.3) is 21.4 Å². The number of thiazole rings is 1. The molecule has 0 aliphatic carbocycles. The first-order valence-electron chi connectivity index (χ1n) is 13.0. The Morgan fingerprint density at radius 3 is 2.56 bits per heavy atom. The van der Waals surface area contributed by atoms with E-state index in [2.05, 4.69) is 25.3 Å². The number of carbonyl (C=O) groups excluding carboxylic acids is 3. The van der Waals surface area contributed by atoms with E-state index in [-0.39, 0.29) is 23.6 Å². The van der Waals surface area contributed by atoms with Gasteiger partial charge in [-0.05, 0) is 36.7 Å². The number of fused-ring (bicyclic) bond motifs is 2. The zero-order valence-electron chi connectivity index (χ0n) is 23.3. The van der Waals surface area contributed by atoms with E-state index in [0.717, 1.165) is 14.6 Å². The highest BCUT2D eigenvalue weighted by molar-refractivity contribution is 8.01. The monoisotopic (exact) mass is 668 g/mol. The lowest BCUT2D eigenvalue weighted by molar-refractivity contribution is -0.166. The molecule has 3 aromatic heterocycles. The molecule has 4 aromatic rings. The average molecular weight is 670 g/mol. The molecule has 1 N–H and O–H groups in total. The topological polar surface area (TPSA) is 157 Å². The third kappa shape index (κ3) is 7.29. The summed E-state index contributed by atoms with van der Waals surface area (Å²) >= 11 is 15.6. The molecule has 1 aliphatic heterocycles. The fraction of sp³-hybridized carbons (Fsp3) is 0.423. The zero-order valence-corrected chi connectivity index (χ0v) is 26.4. The van der Waals surface area contributed by atoms with Crippen molar-refractivity contribution in [2.75, 3.05) is 17.7 Å². The van der Waals surface area contributed by atoms with Gasteiger partial charge in [0.15, 0.2) is 39.8 Å². The number of anilines is 1. The van der Waals surface area contributed by atoms with Gasteiger partial charge >= 0.3 is 17.9 Å². The van der Waals surface area contributed by atoms with Gasteiger partial charge in [0.05, 0.1) is 16.5 Å². The van der Waals surface area contributed by atoms with Crippen LogP contribution in [0.3, 0.4) is 0 Å². The third-order valence-corrected chi connectivity index (χ3v) is 9.02. The number of aromatic nitrogens is 5. The lowest BCUT2D eigenvalue weighted by atomic mass is 10.1. The minimum atomic E-state index is -1.11. The van der Waals surface area contributed by atoms with Gasteiger partial charge in [-0.25, -0.2) is 9.97 Å². The molecule has 0 unspecified atom stereocenters. The van der Waals surface area contributed by atoms with E-state index in [4.69, 9.17) is 42.1 Å². The molecule has 228 valence electrons. The van der Waals surface area contributed by atoms with Crippen molar-refractivity contribution < 1.29 is 33.3 Å². The molecule has 17 heteroatoms. The maximum Gasteiger partial charge on any atom is 0.303 e. The third-order valence-electron chi connectivity index (χ3n) is 6.18. The van der Waals surface area contributed by atoms with Crippen LogP contribution in [0, 0.1) is 0 Å². The summed E-state index contributed by atoms with van der Waals surface area (Å²) in [5, 5.41) is 3.91. The molecule has 4 heterocycles. The lowest BCUT2D eigenvalue weighted by Gasteiger charge is -2.23. The molecule has 1 saturated heterocycles. The van der Waals surface area contributed by atoms with Gasteiger partial charge in [-0.2, -0.15) is 9.97 Å². The number of ether oxygens (including phenoxy) is 4. The summed E-state index contributed by atoms with van der Waals surface area (Å²) in [5.41, 5.74) is 1.51. The molecule has 0 saturated carbocycles. The SMILES string of the molecule is CC(=O)OC[C@H]1O[C@@H](n2cnc3c(N[C@H](C)CSc4nc5cc(Cl)ccc5s4)nc(Cl)nc32)[C@H](OC(C)=O)[C@@H]1OC(C)=O. The Hall–Kier alpha value is -3.24. The first-order chi connectivity index (χ1) is 20.5.